The summed E-state index contributed by atoms with van der Waals surface area (Å²) in [5.41, 5.74) is 7.41. The van der Waals surface area contributed by atoms with E-state index < -0.39 is 17.9 Å². The Bertz CT molecular complexity index is 1970. The molecule has 0 fully saturated rings. The number of carbonyl (C=O) groups excluding carboxylic acids is 2. The van der Waals surface area contributed by atoms with E-state index in [4.69, 9.17) is 19.3 Å². The zero-order chi connectivity index (χ0) is 35.7. The summed E-state index contributed by atoms with van der Waals surface area (Å²) < 4.78 is 19.8. The van der Waals surface area contributed by atoms with Crippen molar-refractivity contribution in [3.8, 4) is 22.7 Å². The molecule has 0 radical (unpaired) electrons. The highest BCUT2D eigenvalue weighted by atomic mass is 16.5. The second kappa shape index (κ2) is 16.2. The second-order valence-electron chi connectivity index (χ2n) is 12.7. The van der Waals surface area contributed by atoms with Gasteiger partial charge in [0.05, 0.1) is 35.1 Å². The van der Waals surface area contributed by atoms with Gasteiger partial charge < -0.3 is 19.5 Å². The van der Waals surface area contributed by atoms with Crippen LogP contribution in [-0.4, -0.2) is 28.3 Å². The lowest BCUT2D eigenvalue weighted by molar-refractivity contribution is -0.141. The highest BCUT2D eigenvalue weighted by molar-refractivity contribution is 6.00. The molecular weight excluding hydrogens is 638 g/mol. The van der Waals surface area contributed by atoms with Crippen molar-refractivity contribution in [3.63, 3.8) is 0 Å². The van der Waals surface area contributed by atoms with Gasteiger partial charge in [0.15, 0.2) is 0 Å². The average molecular weight is 682 g/mol. The van der Waals surface area contributed by atoms with Crippen molar-refractivity contribution >= 4 is 11.9 Å². The number of rotatable bonds is 13. The largest absolute Gasteiger partial charge is 0.493 e. The third-order valence-electron chi connectivity index (χ3n) is 8.90. The number of hydrogen-bond acceptors (Lipinski definition) is 7. The SMILES string of the molecule is CCCCOc1ccc(-c2nn(-c3ccccc3)cc2C2C(C(=O)OCc3ccccc3)=C(C)NC(C)=C2C(=O)OCc2ccccc2)cc1C. The molecule has 0 atom stereocenters. The van der Waals surface area contributed by atoms with E-state index in [-0.39, 0.29) is 13.2 Å². The number of esters is 2. The number of nitrogens with zero attached hydrogens (tertiary/aromatic N) is 2. The number of aromatic nitrogens is 2. The normalized spacial score (nSPS) is 13.2. The first-order valence-electron chi connectivity index (χ1n) is 17.3. The van der Waals surface area contributed by atoms with Crippen molar-refractivity contribution in [1.29, 1.82) is 0 Å². The maximum Gasteiger partial charge on any atom is 0.337 e. The summed E-state index contributed by atoms with van der Waals surface area (Å²) in [4.78, 5) is 28.5. The topological polar surface area (TPSA) is 91.7 Å². The van der Waals surface area contributed by atoms with Crippen LogP contribution in [-0.2, 0) is 32.3 Å². The Morgan fingerprint density at radius 1 is 0.745 bits per heavy atom. The van der Waals surface area contributed by atoms with Gasteiger partial charge in [-0.15, -0.1) is 0 Å². The Morgan fingerprint density at radius 3 is 1.82 bits per heavy atom. The summed E-state index contributed by atoms with van der Waals surface area (Å²) in [5, 5.41) is 8.39. The maximum absolute atomic E-state index is 14.2. The van der Waals surface area contributed by atoms with E-state index in [0.717, 1.165) is 46.5 Å². The van der Waals surface area contributed by atoms with E-state index >= 15 is 0 Å². The minimum Gasteiger partial charge on any atom is -0.493 e. The number of ether oxygens (including phenoxy) is 3. The average Bonchev–Trinajstić information content (AvgIpc) is 3.60. The number of unbranched alkanes of at least 4 members (excludes halogenated alkanes) is 1. The predicted octanol–water partition coefficient (Wildman–Crippen LogP) is 8.75. The van der Waals surface area contributed by atoms with E-state index in [9.17, 15) is 9.59 Å². The lowest BCUT2D eigenvalue weighted by Gasteiger charge is -2.30. The zero-order valence-electron chi connectivity index (χ0n) is 29.5. The molecule has 1 aromatic heterocycles. The molecule has 2 heterocycles. The third-order valence-corrected chi connectivity index (χ3v) is 8.90. The summed E-state index contributed by atoms with van der Waals surface area (Å²) in [5.74, 6) is -1.13. The van der Waals surface area contributed by atoms with E-state index in [2.05, 4.69) is 12.2 Å². The molecule has 1 N–H and O–H groups in total. The number of para-hydroxylation sites is 1. The van der Waals surface area contributed by atoms with Gasteiger partial charge in [-0.05, 0) is 74.2 Å². The summed E-state index contributed by atoms with van der Waals surface area (Å²) in [6, 6.07) is 34.8. The van der Waals surface area contributed by atoms with Crippen molar-refractivity contribution in [2.75, 3.05) is 6.61 Å². The molecule has 51 heavy (non-hydrogen) atoms. The van der Waals surface area contributed by atoms with Crippen LogP contribution >= 0.6 is 0 Å². The number of benzene rings is 4. The molecule has 8 nitrogen and oxygen atoms in total. The Labute approximate surface area is 299 Å². The van der Waals surface area contributed by atoms with Crippen LogP contribution in [0.2, 0.25) is 0 Å². The Kier molecular flexibility index (Phi) is 11.1. The molecular formula is C43H43N3O5. The molecule has 260 valence electrons. The summed E-state index contributed by atoms with van der Waals surface area (Å²) in [7, 11) is 0. The van der Waals surface area contributed by atoms with Gasteiger partial charge in [-0.3, -0.25) is 0 Å². The van der Waals surface area contributed by atoms with Crippen molar-refractivity contribution in [2.45, 2.75) is 59.7 Å². The fraction of sp³-hybridized carbons (Fsp3) is 0.233. The Morgan fingerprint density at radius 2 is 1.29 bits per heavy atom. The van der Waals surface area contributed by atoms with Gasteiger partial charge in [0, 0.05) is 28.7 Å². The zero-order valence-corrected chi connectivity index (χ0v) is 29.5. The highest BCUT2D eigenvalue weighted by Crippen LogP contribution is 2.44. The minimum atomic E-state index is -0.856. The van der Waals surface area contributed by atoms with Crippen LogP contribution in [0.25, 0.3) is 16.9 Å². The van der Waals surface area contributed by atoms with Gasteiger partial charge in [0.2, 0.25) is 0 Å². The fourth-order valence-electron chi connectivity index (χ4n) is 6.27. The lowest BCUT2D eigenvalue weighted by atomic mass is 9.79. The molecule has 1 aliphatic heterocycles. The number of carbonyl (C=O) groups is 2. The molecule has 8 heteroatoms. The molecule has 0 saturated carbocycles. The van der Waals surface area contributed by atoms with Crippen LogP contribution < -0.4 is 10.1 Å². The van der Waals surface area contributed by atoms with Gasteiger partial charge in [-0.1, -0.05) is 92.2 Å². The molecule has 0 bridgehead atoms. The molecule has 0 unspecified atom stereocenters. The molecule has 0 aliphatic carbocycles. The minimum absolute atomic E-state index is 0.0779. The van der Waals surface area contributed by atoms with Gasteiger partial charge >= 0.3 is 11.9 Å². The smallest absolute Gasteiger partial charge is 0.337 e. The monoisotopic (exact) mass is 681 g/mol. The highest BCUT2D eigenvalue weighted by Gasteiger charge is 2.40. The molecule has 5 aromatic rings. The number of nitrogens with one attached hydrogen (secondary N) is 1. The summed E-state index contributed by atoms with van der Waals surface area (Å²) in [6.45, 7) is 8.59. The second-order valence-corrected chi connectivity index (χ2v) is 12.7. The number of allylic oxidation sites excluding steroid dienone is 2. The summed E-state index contributed by atoms with van der Waals surface area (Å²) >= 11 is 0. The van der Waals surface area contributed by atoms with Crippen molar-refractivity contribution < 1.29 is 23.8 Å². The molecule has 6 rings (SSSR count). The van der Waals surface area contributed by atoms with Crippen LogP contribution in [0.5, 0.6) is 5.75 Å². The number of dihydropyridines is 1. The first-order chi connectivity index (χ1) is 24.8. The molecule has 4 aromatic carbocycles. The van der Waals surface area contributed by atoms with E-state index in [1.165, 1.54) is 0 Å². The predicted molar refractivity (Wildman–Crippen MR) is 198 cm³/mol. The third kappa shape index (κ3) is 8.13. The molecule has 0 saturated heterocycles. The van der Waals surface area contributed by atoms with Crippen LogP contribution in [0.1, 0.15) is 61.8 Å². The lowest BCUT2D eigenvalue weighted by Crippen LogP contribution is -2.32. The van der Waals surface area contributed by atoms with Crippen LogP contribution in [0.4, 0.5) is 0 Å². The first-order valence-corrected chi connectivity index (χ1v) is 17.3. The Hall–Kier alpha value is -5.89. The Balaban J connectivity index is 1.48. The fourth-order valence-corrected chi connectivity index (χ4v) is 6.27. The van der Waals surface area contributed by atoms with E-state index in [0.29, 0.717) is 40.4 Å². The van der Waals surface area contributed by atoms with Gasteiger partial charge in [-0.25, -0.2) is 14.3 Å². The standard InChI is InChI=1S/C43H43N3O5/c1-5-6-24-49-37-23-22-34(25-29(37)2)41-36(26-46(45-41)35-20-14-9-15-21-35)40-38(42(47)50-27-32-16-10-7-11-17-32)30(3)44-31(4)39(40)43(48)51-28-33-18-12-8-13-19-33/h7-23,25-26,40,44H,5-6,24,27-28H2,1-4H3. The quantitative estimate of drug-likeness (QED) is 0.0982. The van der Waals surface area contributed by atoms with Crippen molar-refractivity contribution in [2.24, 2.45) is 0 Å². The van der Waals surface area contributed by atoms with E-state index in [1.807, 2.05) is 136 Å². The van der Waals surface area contributed by atoms with Crippen LogP contribution in [0.15, 0.2) is 138 Å². The van der Waals surface area contributed by atoms with E-state index in [1.54, 1.807) is 4.68 Å². The van der Waals surface area contributed by atoms with Gasteiger partial charge in [-0.2, -0.15) is 5.10 Å². The van der Waals surface area contributed by atoms with Crippen molar-refractivity contribution in [3.05, 3.63) is 160 Å². The summed E-state index contributed by atoms with van der Waals surface area (Å²) in [6.07, 6.45) is 3.91. The first kappa shape index (κ1) is 35.0. The van der Waals surface area contributed by atoms with Gasteiger partial charge in [0.1, 0.15) is 19.0 Å². The number of hydrogen-bond donors (Lipinski definition) is 1. The molecule has 1 aliphatic rings. The van der Waals surface area contributed by atoms with Gasteiger partial charge in [0.25, 0.3) is 0 Å². The number of aryl methyl sites for hydroxylation is 1. The molecule has 0 amide bonds. The van der Waals surface area contributed by atoms with Crippen LogP contribution in [0, 0.1) is 6.92 Å². The van der Waals surface area contributed by atoms with Crippen molar-refractivity contribution in [1.82, 2.24) is 15.1 Å². The molecule has 0 spiro atoms. The van der Waals surface area contributed by atoms with Crippen LogP contribution in [0.3, 0.4) is 0 Å². The maximum atomic E-state index is 14.2.